The Bertz CT molecular complexity index is 333. The first kappa shape index (κ1) is 19.2. The number of amides is 1. The Morgan fingerprint density at radius 3 is 2.36 bits per heavy atom. The summed E-state index contributed by atoms with van der Waals surface area (Å²) in [7, 11) is 3.60. The number of carbonyl (C=O) groups excluding carboxylic acids is 1. The molecule has 0 aromatic carbocycles. The number of carbonyl (C=O) groups is 1. The van der Waals surface area contributed by atoms with Crippen LogP contribution in [0.15, 0.2) is 0 Å². The van der Waals surface area contributed by atoms with Crippen LogP contribution in [0, 0.1) is 5.92 Å². The number of nitrogens with zero attached hydrogens (tertiary/aromatic N) is 1. The van der Waals surface area contributed by atoms with Crippen molar-refractivity contribution in [2.45, 2.75) is 71.1 Å². The van der Waals surface area contributed by atoms with E-state index in [1.807, 2.05) is 20.8 Å². The minimum Gasteiger partial charge on any atom is -0.444 e. The fourth-order valence-electron chi connectivity index (χ4n) is 2.82. The molecule has 5 nitrogen and oxygen atoms in total. The van der Waals surface area contributed by atoms with E-state index in [-0.39, 0.29) is 6.09 Å². The topological polar surface area (TPSA) is 50.8 Å². The minimum atomic E-state index is -0.438. The van der Waals surface area contributed by atoms with Gasteiger partial charge in [0.05, 0.1) is 6.10 Å². The number of ether oxygens (including phenoxy) is 2. The van der Waals surface area contributed by atoms with Crippen LogP contribution in [0.5, 0.6) is 0 Å². The average molecular weight is 314 g/mol. The van der Waals surface area contributed by atoms with Gasteiger partial charge in [0, 0.05) is 26.7 Å². The standard InChI is InChI=1S/C17H34N2O3/c1-13(12-19(5)16(20)22-17(2,3)4)11-18-14-7-9-15(21-6)10-8-14/h13-15,18H,7-12H2,1-6H3. The summed E-state index contributed by atoms with van der Waals surface area (Å²) < 4.78 is 10.8. The molecule has 0 heterocycles. The van der Waals surface area contributed by atoms with E-state index in [1.165, 1.54) is 12.8 Å². The quantitative estimate of drug-likeness (QED) is 0.819. The highest BCUT2D eigenvalue weighted by Crippen LogP contribution is 2.20. The molecule has 1 amide bonds. The molecule has 1 atom stereocenters. The fourth-order valence-corrected chi connectivity index (χ4v) is 2.82. The number of methoxy groups -OCH3 is 1. The van der Waals surface area contributed by atoms with Crippen LogP contribution in [0.2, 0.25) is 0 Å². The van der Waals surface area contributed by atoms with Crippen molar-refractivity contribution in [2.75, 3.05) is 27.2 Å². The number of hydrogen-bond acceptors (Lipinski definition) is 4. The molecule has 1 unspecified atom stereocenters. The van der Waals surface area contributed by atoms with Gasteiger partial charge in [-0.1, -0.05) is 6.92 Å². The van der Waals surface area contributed by atoms with Gasteiger partial charge in [-0.15, -0.1) is 0 Å². The molecule has 0 aliphatic heterocycles. The third-order valence-electron chi connectivity index (χ3n) is 4.05. The van der Waals surface area contributed by atoms with Gasteiger partial charge < -0.3 is 19.7 Å². The monoisotopic (exact) mass is 314 g/mol. The Morgan fingerprint density at radius 1 is 1.27 bits per heavy atom. The zero-order chi connectivity index (χ0) is 16.8. The predicted octanol–water partition coefficient (Wildman–Crippen LogP) is 3.04. The van der Waals surface area contributed by atoms with Gasteiger partial charge in [-0.25, -0.2) is 4.79 Å². The van der Waals surface area contributed by atoms with Crippen molar-refractivity contribution in [3.05, 3.63) is 0 Å². The molecule has 1 fully saturated rings. The first-order valence-corrected chi connectivity index (χ1v) is 8.41. The van der Waals surface area contributed by atoms with Crippen LogP contribution in [0.1, 0.15) is 53.4 Å². The van der Waals surface area contributed by atoms with Crippen molar-refractivity contribution in [1.82, 2.24) is 10.2 Å². The van der Waals surface area contributed by atoms with Crippen LogP contribution >= 0.6 is 0 Å². The van der Waals surface area contributed by atoms with Gasteiger partial charge in [0.25, 0.3) is 0 Å². The molecule has 1 aliphatic rings. The van der Waals surface area contributed by atoms with Gasteiger partial charge in [-0.05, 0) is 58.9 Å². The molecule has 130 valence electrons. The second-order valence-corrected chi connectivity index (χ2v) is 7.58. The Balaban J connectivity index is 2.23. The second-order valence-electron chi connectivity index (χ2n) is 7.58. The van der Waals surface area contributed by atoms with Crippen molar-refractivity contribution in [3.63, 3.8) is 0 Å². The zero-order valence-electron chi connectivity index (χ0n) is 15.1. The Morgan fingerprint density at radius 2 is 1.86 bits per heavy atom. The molecule has 1 aliphatic carbocycles. The van der Waals surface area contributed by atoms with Gasteiger partial charge >= 0.3 is 6.09 Å². The van der Waals surface area contributed by atoms with Gasteiger partial charge in [0.1, 0.15) is 5.60 Å². The molecule has 1 saturated carbocycles. The number of nitrogens with one attached hydrogen (secondary N) is 1. The summed E-state index contributed by atoms with van der Waals surface area (Å²) in [5.41, 5.74) is -0.438. The lowest BCUT2D eigenvalue weighted by Gasteiger charge is -2.30. The molecule has 0 bridgehead atoms. The van der Waals surface area contributed by atoms with Crippen LogP contribution in [0.4, 0.5) is 4.79 Å². The third kappa shape index (κ3) is 7.45. The van der Waals surface area contributed by atoms with Crippen molar-refractivity contribution in [2.24, 2.45) is 5.92 Å². The molecule has 0 spiro atoms. The lowest BCUT2D eigenvalue weighted by Crippen LogP contribution is -2.41. The van der Waals surface area contributed by atoms with Gasteiger partial charge in [0.2, 0.25) is 0 Å². The molecular weight excluding hydrogens is 280 g/mol. The molecule has 0 aromatic heterocycles. The Kier molecular flexibility index (Phi) is 7.63. The maximum atomic E-state index is 11.9. The summed E-state index contributed by atoms with van der Waals surface area (Å²) in [6.07, 6.45) is 4.81. The van der Waals surface area contributed by atoms with Crippen molar-refractivity contribution in [1.29, 1.82) is 0 Å². The van der Waals surface area contributed by atoms with Crippen LogP contribution in [0.3, 0.4) is 0 Å². The van der Waals surface area contributed by atoms with Crippen molar-refractivity contribution >= 4 is 6.09 Å². The summed E-state index contributed by atoms with van der Waals surface area (Å²) in [5.74, 6) is 0.401. The van der Waals surface area contributed by atoms with Gasteiger partial charge in [0.15, 0.2) is 0 Å². The largest absolute Gasteiger partial charge is 0.444 e. The van der Waals surface area contributed by atoms with Gasteiger partial charge in [-0.3, -0.25) is 0 Å². The first-order valence-electron chi connectivity index (χ1n) is 8.41. The molecule has 22 heavy (non-hydrogen) atoms. The number of hydrogen-bond donors (Lipinski definition) is 1. The highest BCUT2D eigenvalue weighted by Gasteiger charge is 2.23. The summed E-state index contributed by atoms with van der Waals surface area (Å²) >= 11 is 0. The van der Waals surface area contributed by atoms with E-state index in [4.69, 9.17) is 9.47 Å². The predicted molar refractivity (Wildman–Crippen MR) is 89.1 cm³/mol. The molecule has 0 saturated heterocycles. The summed E-state index contributed by atoms with van der Waals surface area (Å²) in [6, 6.07) is 0.584. The van der Waals surface area contributed by atoms with Crippen molar-refractivity contribution in [3.8, 4) is 0 Å². The van der Waals surface area contributed by atoms with Crippen LogP contribution in [0.25, 0.3) is 0 Å². The molecule has 1 N–H and O–H groups in total. The molecule has 0 radical (unpaired) electrons. The maximum absolute atomic E-state index is 11.9. The van der Waals surface area contributed by atoms with E-state index < -0.39 is 5.60 Å². The highest BCUT2D eigenvalue weighted by molar-refractivity contribution is 5.67. The molecular formula is C17H34N2O3. The molecule has 0 aromatic rings. The first-order chi connectivity index (χ1) is 10.2. The summed E-state index contributed by atoms with van der Waals surface area (Å²) in [6.45, 7) is 9.46. The van der Waals surface area contributed by atoms with Crippen LogP contribution in [-0.2, 0) is 9.47 Å². The minimum absolute atomic E-state index is 0.250. The van der Waals surface area contributed by atoms with E-state index in [0.29, 0.717) is 24.6 Å². The second kappa shape index (κ2) is 8.73. The van der Waals surface area contributed by atoms with E-state index in [1.54, 1.807) is 19.1 Å². The van der Waals surface area contributed by atoms with Crippen LogP contribution < -0.4 is 5.32 Å². The van der Waals surface area contributed by atoms with Crippen LogP contribution in [-0.4, -0.2) is 56.0 Å². The maximum Gasteiger partial charge on any atom is 0.410 e. The zero-order valence-corrected chi connectivity index (χ0v) is 15.1. The molecule has 1 rings (SSSR count). The van der Waals surface area contributed by atoms with E-state index >= 15 is 0 Å². The summed E-state index contributed by atoms with van der Waals surface area (Å²) in [4.78, 5) is 13.6. The van der Waals surface area contributed by atoms with E-state index in [2.05, 4.69) is 12.2 Å². The number of rotatable bonds is 6. The smallest absolute Gasteiger partial charge is 0.410 e. The lowest BCUT2D eigenvalue weighted by molar-refractivity contribution is 0.0274. The fraction of sp³-hybridized carbons (Fsp3) is 0.941. The summed E-state index contributed by atoms with van der Waals surface area (Å²) in [5, 5.41) is 3.62. The Hall–Kier alpha value is -0.810. The Labute approximate surface area is 135 Å². The highest BCUT2D eigenvalue weighted by atomic mass is 16.6. The SMILES string of the molecule is COC1CCC(NCC(C)CN(C)C(=O)OC(C)(C)C)CC1. The van der Waals surface area contributed by atoms with Crippen molar-refractivity contribution < 1.29 is 14.3 Å². The van der Waals surface area contributed by atoms with E-state index in [9.17, 15) is 4.79 Å². The average Bonchev–Trinajstić information content (AvgIpc) is 2.43. The third-order valence-corrected chi connectivity index (χ3v) is 4.05. The van der Waals surface area contributed by atoms with E-state index in [0.717, 1.165) is 19.4 Å². The van der Waals surface area contributed by atoms with Gasteiger partial charge in [-0.2, -0.15) is 0 Å². The molecule has 5 heteroatoms. The normalized spacial score (nSPS) is 23.9. The lowest BCUT2D eigenvalue weighted by atomic mass is 9.92.